The fraction of sp³-hybridized carbons (Fsp3) is 0.364. The van der Waals surface area contributed by atoms with Crippen molar-refractivity contribution < 1.29 is 17.9 Å². The van der Waals surface area contributed by atoms with E-state index in [1.807, 2.05) is 13.0 Å². The minimum absolute atomic E-state index is 0.288. The highest BCUT2D eigenvalue weighted by atomic mass is 32.1. The minimum atomic E-state index is -2.39. The Labute approximate surface area is 190 Å². The van der Waals surface area contributed by atoms with Gasteiger partial charge in [0.05, 0.1) is 17.7 Å². The lowest BCUT2D eigenvalue weighted by Gasteiger charge is -2.19. The summed E-state index contributed by atoms with van der Waals surface area (Å²) in [6.45, 7) is 2.51. The molecular weight excluding hydrogens is 439 g/mol. The number of nitrogens with zero attached hydrogens (tertiary/aromatic N) is 3. The molecule has 0 radical (unpaired) electrons. The van der Waals surface area contributed by atoms with Gasteiger partial charge in [0.25, 0.3) is 6.43 Å². The number of likely N-dealkylation sites (tertiary alicyclic amines) is 1. The van der Waals surface area contributed by atoms with Crippen LogP contribution < -0.4 is 15.8 Å². The molecule has 1 atom stereocenters. The summed E-state index contributed by atoms with van der Waals surface area (Å²) in [6.07, 6.45) is 1.03. The number of aryl methyl sites for hydroxylation is 1. The number of rotatable bonds is 6. The van der Waals surface area contributed by atoms with Crippen LogP contribution in [0.25, 0.3) is 10.9 Å². The molecule has 1 saturated heterocycles. The third-order valence-corrected chi connectivity index (χ3v) is 5.07. The second-order valence-electron chi connectivity index (χ2n) is 7.40. The van der Waals surface area contributed by atoms with Gasteiger partial charge in [0.1, 0.15) is 29.8 Å². The zero-order valence-corrected chi connectivity index (χ0v) is 18.8. The Morgan fingerprint density at radius 2 is 2.03 bits per heavy atom. The molecule has 6 nitrogen and oxygen atoms in total. The van der Waals surface area contributed by atoms with Crippen LogP contribution in [0.2, 0.25) is 0 Å². The fourth-order valence-electron chi connectivity index (χ4n) is 3.77. The second-order valence-corrected chi connectivity index (χ2v) is 7.40. The molecule has 172 valence electrons. The largest absolute Gasteiger partial charge is 0.487 e. The molecule has 2 heterocycles. The van der Waals surface area contributed by atoms with E-state index in [1.165, 1.54) is 18.5 Å². The van der Waals surface area contributed by atoms with Gasteiger partial charge < -0.3 is 15.8 Å². The first-order chi connectivity index (χ1) is 15.4. The van der Waals surface area contributed by atoms with E-state index >= 15 is 0 Å². The molecule has 1 aliphatic heterocycles. The fourth-order valence-corrected chi connectivity index (χ4v) is 3.77. The van der Waals surface area contributed by atoms with Crippen molar-refractivity contribution >= 4 is 40.7 Å². The number of nitrogen functional groups attached to an aromatic ring is 1. The average Bonchev–Trinajstić information content (AvgIpc) is 3.17. The van der Waals surface area contributed by atoms with Crippen LogP contribution in [-0.4, -0.2) is 53.3 Å². The summed E-state index contributed by atoms with van der Waals surface area (Å²) in [5.41, 5.74) is 8.62. The first-order valence-corrected chi connectivity index (χ1v) is 11.0. The predicted molar refractivity (Wildman–Crippen MR) is 125 cm³/mol. The summed E-state index contributed by atoms with van der Waals surface area (Å²) in [5.74, 6) is 0.396. The summed E-state index contributed by atoms with van der Waals surface area (Å²) in [5, 5.41) is 4.00. The van der Waals surface area contributed by atoms with E-state index in [9.17, 15) is 13.2 Å². The smallest absolute Gasteiger partial charge is 0.251 e. The third-order valence-electron chi connectivity index (χ3n) is 5.07. The number of halogens is 3. The van der Waals surface area contributed by atoms with E-state index in [4.69, 9.17) is 10.5 Å². The summed E-state index contributed by atoms with van der Waals surface area (Å²) in [4.78, 5) is 10.2. The molecule has 0 aliphatic carbocycles. The van der Waals surface area contributed by atoms with Crippen molar-refractivity contribution in [3.05, 3.63) is 48.0 Å². The van der Waals surface area contributed by atoms with E-state index < -0.39 is 12.2 Å². The summed E-state index contributed by atoms with van der Waals surface area (Å²) in [6, 6.07) is 7.76. The number of nitrogens with two attached hydrogens (primary N) is 1. The molecule has 0 saturated carbocycles. The summed E-state index contributed by atoms with van der Waals surface area (Å²) >= 11 is 3.53. The Balaban J connectivity index is 0.00000141. The monoisotopic (exact) mass is 465 g/mol. The first kappa shape index (κ1) is 23.9. The molecule has 4 rings (SSSR count). The van der Waals surface area contributed by atoms with Crippen molar-refractivity contribution in [2.45, 2.75) is 25.9 Å². The lowest BCUT2D eigenvalue weighted by Crippen LogP contribution is -2.29. The zero-order chi connectivity index (χ0) is 23.3. The van der Waals surface area contributed by atoms with Gasteiger partial charge in [-0.05, 0) is 49.4 Å². The van der Waals surface area contributed by atoms with Crippen molar-refractivity contribution in [2.24, 2.45) is 0 Å². The molecule has 1 unspecified atom stereocenters. The Morgan fingerprint density at radius 3 is 2.78 bits per heavy atom. The number of nitrogens with one attached hydrogen (secondary N) is 1. The highest BCUT2D eigenvalue weighted by Gasteiger charge is 2.27. The van der Waals surface area contributed by atoms with Crippen LogP contribution in [0.3, 0.4) is 0 Å². The number of benzene rings is 2. The molecule has 10 heteroatoms. The molecule has 1 fully saturated rings. The van der Waals surface area contributed by atoms with Gasteiger partial charge in [-0.1, -0.05) is 0 Å². The third kappa shape index (κ3) is 5.74. The number of alkyl halides is 2. The zero-order valence-electron chi connectivity index (χ0n) is 17.9. The number of fused-ring (bicyclic) bond motifs is 1. The number of hydrogen-bond acceptors (Lipinski definition) is 7. The van der Waals surface area contributed by atoms with E-state index in [0.717, 1.165) is 10.9 Å². The van der Waals surface area contributed by atoms with Crippen molar-refractivity contribution in [3.63, 3.8) is 0 Å². The van der Waals surface area contributed by atoms with Crippen LogP contribution in [0, 0.1) is 12.7 Å². The van der Waals surface area contributed by atoms with Crippen molar-refractivity contribution in [1.29, 1.82) is 0 Å². The van der Waals surface area contributed by atoms with E-state index in [1.54, 1.807) is 23.3 Å². The van der Waals surface area contributed by atoms with Gasteiger partial charge in [0, 0.05) is 30.2 Å². The maximum atomic E-state index is 13.9. The van der Waals surface area contributed by atoms with Crippen molar-refractivity contribution in [1.82, 2.24) is 14.9 Å². The van der Waals surface area contributed by atoms with Crippen LogP contribution in [0.5, 0.6) is 5.75 Å². The van der Waals surface area contributed by atoms with Gasteiger partial charge in [-0.15, -0.1) is 0 Å². The van der Waals surface area contributed by atoms with Crippen LogP contribution in [0.15, 0.2) is 36.7 Å². The van der Waals surface area contributed by atoms with E-state index in [-0.39, 0.29) is 12.6 Å². The Morgan fingerprint density at radius 1 is 1.25 bits per heavy atom. The summed E-state index contributed by atoms with van der Waals surface area (Å²) < 4.78 is 45.1. The molecule has 32 heavy (non-hydrogen) atoms. The van der Waals surface area contributed by atoms with Crippen molar-refractivity contribution in [3.8, 4) is 5.75 Å². The second kappa shape index (κ2) is 10.7. The standard InChI is InChI=1S/C21H22F3N5O.CH4S/c1-12-6-14(25)8-17-20(12)21(27-11-26-17)28-16-3-2-13(22)7-18(16)30-15-4-5-29(9-15)10-19(23)24;1-2/h2-3,6-8,11,15,19H,4-5,9-10,25H2,1H3,(H,26,27,28);2H,1H3. The number of thiol groups is 1. The maximum absolute atomic E-state index is 13.9. The van der Waals surface area contributed by atoms with Crippen LogP contribution in [0.1, 0.15) is 12.0 Å². The topological polar surface area (TPSA) is 76.3 Å². The maximum Gasteiger partial charge on any atom is 0.251 e. The number of aromatic nitrogens is 2. The van der Waals surface area contributed by atoms with Gasteiger partial charge in [-0.3, -0.25) is 4.90 Å². The Hall–Kier alpha value is -2.72. The van der Waals surface area contributed by atoms with Gasteiger partial charge in [0.15, 0.2) is 0 Å². The van der Waals surface area contributed by atoms with E-state index in [2.05, 4.69) is 27.9 Å². The van der Waals surface area contributed by atoms with Gasteiger partial charge in [-0.2, -0.15) is 12.6 Å². The highest BCUT2D eigenvalue weighted by molar-refractivity contribution is 7.79. The van der Waals surface area contributed by atoms with Gasteiger partial charge >= 0.3 is 0 Å². The molecule has 3 N–H and O–H groups in total. The molecule has 0 bridgehead atoms. The lowest BCUT2D eigenvalue weighted by molar-refractivity contribution is 0.0932. The molecule has 3 aromatic rings. The van der Waals surface area contributed by atoms with Gasteiger partial charge in [0.2, 0.25) is 0 Å². The predicted octanol–water partition coefficient (Wildman–Crippen LogP) is 4.67. The first-order valence-electron chi connectivity index (χ1n) is 10.1. The molecule has 0 amide bonds. The highest BCUT2D eigenvalue weighted by Crippen LogP contribution is 2.33. The molecule has 0 spiro atoms. The molecule has 1 aliphatic rings. The average molecular weight is 466 g/mol. The quantitative estimate of drug-likeness (QED) is 0.363. The SMILES string of the molecule is CS.Cc1cc(N)cc2ncnc(Nc3ccc(F)cc3OC3CCN(CC(F)F)C3)c12. The Kier molecular flexibility index (Phi) is 8.03. The number of anilines is 3. The molecule has 2 aromatic carbocycles. The Bertz CT molecular complexity index is 1070. The van der Waals surface area contributed by atoms with Crippen LogP contribution >= 0.6 is 12.6 Å². The van der Waals surface area contributed by atoms with E-state index in [0.29, 0.717) is 48.0 Å². The number of hydrogen-bond donors (Lipinski definition) is 3. The van der Waals surface area contributed by atoms with Crippen LogP contribution in [-0.2, 0) is 0 Å². The normalized spacial score (nSPS) is 16.2. The molecular formula is C22H26F3N5OS. The molecule has 1 aromatic heterocycles. The number of ether oxygens (including phenoxy) is 1. The summed E-state index contributed by atoms with van der Waals surface area (Å²) in [7, 11) is 0. The van der Waals surface area contributed by atoms with Crippen LogP contribution in [0.4, 0.5) is 30.4 Å². The van der Waals surface area contributed by atoms with Gasteiger partial charge in [-0.25, -0.2) is 23.1 Å². The lowest BCUT2D eigenvalue weighted by atomic mass is 10.1. The minimum Gasteiger partial charge on any atom is -0.487 e. The van der Waals surface area contributed by atoms with Crippen molar-refractivity contribution in [2.75, 3.05) is 36.9 Å².